The second-order valence-electron chi connectivity index (χ2n) is 6.36. The Labute approximate surface area is 162 Å². The van der Waals surface area contributed by atoms with Crippen LogP contribution >= 0.6 is 0 Å². The summed E-state index contributed by atoms with van der Waals surface area (Å²) in [5.41, 5.74) is -1.74. The van der Waals surface area contributed by atoms with Crippen molar-refractivity contribution < 1.29 is 40.0 Å². The molecule has 0 bridgehead atoms. The van der Waals surface area contributed by atoms with Crippen LogP contribution in [-0.2, 0) is 32.3 Å². The van der Waals surface area contributed by atoms with Gasteiger partial charge in [0.05, 0.1) is 29.2 Å². The summed E-state index contributed by atoms with van der Waals surface area (Å²) < 4.78 is 83.7. The number of nitrogens with zero attached hydrogens (tertiary/aromatic N) is 1. The molecule has 2 amide bonds. The van der Waals surface area contributed by atoms with Gasteiger partial charge >= 0.3 is 6.18 Å². The van der Waals surface area contributed by atoms with Crippen molar-refractivity contribution in [2.24, 2.45) is 5.92 Å². The molecule has 156 valence electrons. The first kappa shape index (κ1) is 20.8. The number of alkyl halides is 3. The monoisotopic (exact) mass is 434 g/mol. The molecule has 0 aliphatic carbocycles. The van der Waals surface area contributed by atoms with Crippen molar-refractivity contribution in [3.63, 3.8) is 0 Å². The van der Waals surface area contributed by atoms with Gasteiger partial charge in [-0.25, -0.2) is 17.5 Å². The van der Waals surface area contributed by atoms with Crippen molar-refractivity contribution in [3.05, 3.63) is 53.7 Å². The Balaban J connectivity index is 1.76. The largest absolute Gasteiger partial charge is 0.467 e. The molecule has 29 heavy (non-hydrogen) atoms. The summed E-state index contributed by atoms with van der Waals surface area (Å²) in [5.74, 6) is -3.47. The maximum atomic E-state index is 13.2. The first-order valence-corrected chi connectivity index (χ1v) is 9.69. The highest BCUT2D eigenvalue weighted by Gasteiger charge is 2.40. The van der Waals surface area contributed by atoms with Gasteiger partial charge in [0.1, 0.15) is 11.6 Å². The van der Waals surface area contributed by atoms with Gasteiger partial charge in [-0.1, -0.05) is 0 Å². The third-order valence-electron chi connectivity index (χ3n) is 4.28. The Bertz CT molecular complexity index is 1030. The quantitative estimate of drug-likeness (QED) is 0.729. The predicted molar refractivity (Wildman–Crippen MR) is 89.0 cm³/mol. The molecule has 2 aromatic rings. The van der Waals surface area contributed by atoms with E-state index >= 15 is 0 Å². The standard InChI is InChI=1S/C17H14F4N2O5S/c18-11-3-4-14(13(7-11)17(19,20)21)29(26,27)22-16(25)10-6-15(24)23(8-10)9-12-2-1-5-28-12/h1-5,7,10H,6,8-9H2,(H,22,25). The number of nitrogens with one attached hydrogen (secondary N) is 1. The molecule has 1 unspecified atom stereocenters. The molecule has 1 saturated heterocycles. The Morgan fingerprint density at radius 1 is 1.28 bits per heavy atom. The molecular weight excluding hydrogens is 420 g/mol. The molecule has 1 aliphatic rings. The van der Waals surface area contributed by atoms with Crippen LogP contribution in [0.2, 0.25) is 0 Å². The number of furan rings is 1. The van der Waals surface area contributed by atoms with Gasteiger partial charge in [0.25, 0.3) is 10.0 Å². The van der Waals surface area contributed by atoms with E-state index in [4.69, 9.17) is 4.42 Å². The van der Waals surface area contributed by atoms with Gasteiger partial charge in [0.2, 0.25) is 11.8 Å². The fraction of sp³-hybridized carbons (Fsp3) is 0.294. The molecule has 0 radical (unpaired) electrons. The van der Waals surface area contributed by atoms with E-state index in [1.54, 1.807) is 16.9 Å². The second kappa shape index (κ2) is 7.50. The summed E-state index contributed by atoms with van der Waals surface area (Å²) in [6.45, 7) is -0.0605. The Morgan fingerprint density at radius 3 is 2.62 bits per heavy atom. The molecule has 1 atom stereocenters. The number of benzene rings is 1. The fourth-order valence-corrected chi connectivity index (χ4v) is 4.17. The Morgan fingerprint density at radius 2 is 2.00 bits per heavy atom. The molecule has 1 aliphatic heterocycles. The molecule has 1 aromatic heterocycles. The highest BCUT2D eigenvalue weighted by Crippen LogP contribution is 2.34. The molecule has 12 heteroatoms. The van der Waals surface area contributed by atoms with Crippen molar-refractivity contribution in [1.29, 1.82) is 0 Å². The number of hydrogen-bond acceptors (Lipinski definition) is 5. The number of hydrogen-bond donors (Lipinski definition) is 1. The maximum Gasteiger partial charge on any atom is 0.417 e. The highest BCUT2D eigenvalue weighted by molar-refractivity contribution is 7.90. The van der Waals surface area contributed by atoms with E-state index in [1.807, 2.05) is 0 Å². The molecule has 1 aromatic carbocycles. The average Bonchev–Trinajstić information content (AvgIpc) is 3.24. The molecule has 1 fully saturated rings. The maximum absolute atomic E-state index is 13.2. The normalized spacial score (nSPS) is 17.6. The van der Waals surface area contributed by atoms with Crippen LogP contribution < -0.4 is 4.72 Å². The first-order chi connectivity index (χ1) is 13.5. The van der Waals surface area contributed by atoms with Crippen LogP contribution in [0.5, 0.6) is 0 Å². The van der Waals surface area contributed by atoms with Crippen LogP contribution in [0.25, 0.3) is 0 Å². The number of likely N-dealkylation sites (tertiary alicyclic amines) is 1. The van der Waals surface area contributed by atoms with E-state index in [0.29, 0.717) is 17.9 Å². The third-order valence-corrected chi connectivity index (χ3v) is 5.69. The second-order valence-corrected chi connectivity index (χ2v) is 8.01. The number of amides is 2. The van der Waals surface area contributed by atoms with Gasteiger partial charge in [0.15, 0.2) is 0 Å². The summed E-state index contributed by atoms with van der Waals surface area (Å²) in [6.07, 6.45) is -4.07. The van der Waals surface area contributed by atoms with Crippen LogP contribution in [0.3, 0.4) is 0 Å². The van der Waals surface area contributed by atoms with Crippen LogP contribution in [0.4, 0.5) is 17.6 Å². The molecule has 2 heterocycles. The minimum atomic E-state index is -5.15. The van der Waals surface area contributed by atoms with Crippen molar-refractivity contribution in [2.75, 3.05) is 6.54 Å². The zero-order valence-electron chi connectivity index (χ0n) is 14.6. The van der Waals surface area contributed by atoms with E-state index in [9.17, 15) is 35.6 Å². The lowest BCUT2D eigenvalue weighted by molar-refractivity contribution is -0.140. The molecule has 0 saturated carbocycles. The van der Waals surface area contributed by atoms with Gasteiger partial charge in [-0.3, -0.25) is 9.59 Å². The molecular formula is C17H14F4N2O5S. The third kappa shape index (κ3) is 4.58. The lowest BCUT2D eigenvalue weighted by atomic mass is 10.1. The fourth-order valence-electron chi connectivity index (χ4n) is 2.92. The van der Waals surface area contributed by atoms with Gasteiger partial charge in [-0.2, -0.15) is 13.2 Å². The summed E-state index contributed by atoms with van der Waals surface area (Å²) >= 11 is 0. The Hall–Kier alpha value is -2.89. The average molecular weight is 434 g/mol. The minimum absolute atomic E-state index is 0.0310. The number of sulfonamides is 1. The highest BCUT2D eigenvalue weighted by atomic mass is 32.2. The Kier molecular flexibility index (Phi) is 5.39. The van der Waals surface area contributed by atoms with E-state index in [-0.39, 0.29) is 25.6 Å². The summed E-state index contributed by atoms with van der Waals surface area (Å²) in [7, 11) is -4.95. The van der Waals surface area contributed by atoms with Crippen molar-refractivity contribution >= 4 is 21.8 Å². The molecule has 0 spiro atoms. The number of carbonyl (C=O) groups excluding carboxylic acids is 2. The molecule has 7 nitrogen and oxygen atoms in total. The summed E-state index contributed by atoms with van der Waals surface area (Å²) in [5, 5.41) is 0. The smallest absolute Gasteiger partial charge is 0.417 e. The predicted octanol–water partition coefficient (Wildman–Crippen LogP) is 2.29. The zero-order chi connectivity index (χ0) is 21.4. The first-order valence-electron chi connectivity index (χ1n) is 8.21. The van der Waals surface area contributed by atoms with Crippen molar-refractivity contribution in [1.82, 2.24) is 9.62 Å². The molecule has 3 rings (SSSR count). The summed E-state index contributed by atoms with van der Waals surface area (Å²) in [4.78, 5) is 24.3. The van der Waals surface area contributed by atoms with Gasteiger partial charge < -0.3 is 9.32 Å². The number of halogens is 4. The van der Waals surface area contributed by atoms with Crippen LogP contribution in [0.15, 0.2) is 45.9 Å². The number of carbonyl (C=O) groups is 2. The van der Waals surface area contributed by atoms with Crippen LogP contribution in [0, 0.1) is 11.7 Å². The van der Waals surface area contributed by atoms with E-state index < -0.39 is 50.2 Å². The van der Waals surface area contributed by atoms with E-state index in [0.717, 1.165) is 0 Å². The van der Waals surface area contributed by atoms with E-state index in [2.05, 4.69) is 0 Å². The van der Waals surface area contributed by atoms with Crippen LogP contribution in [-0.4, -0.2) is 31.7 Å². The van der Waals surface area contributed by atoms with Gasteiger partial charge in [-0.05, 0) is 30.3 Å². The van der Waals surface area contributed by atoms with Crippen LogP contribution in [0.1, 0.15) is 17.7 Å². The van der Waals surface area contributed by atoms with Gasteiger partial charge in [0, 0.05) is 13.0 Å². The number of rotatable bonds is 5. The topological polar surface area (TPSA) is 96.7 Å². The van der Waals surface area contributed by atoms with E-state index in [1.165, 1.54) is 11.2 Å². The molecule has 1 N–H and O–H groups in total. The van der Waals surface area contributed by atoms with Crippen molar-refractivity contribution in [3.8, 4) is 0 Å². The summed E-state index contributed by atoms with van der Waals surface area (Å²) in [6, 6.07) is 4.21. The van der Waals surface area contributed by atoms with Crippen molar-refractivity contribution in [2.45, 2.75) is 24.0 Å². The minimum Gasteiger partial charge on any atom is -0.467 e. The lowest BCUT2D eigenvalue weighted by Crippen LogP contribution is -2.37. The zero-order valence-corrected chi connectivity index (χ0v) is 15.4. The lowest BCUT2D eigenvalue weighted by Gasteiger charge is -2.16. The SMILES string of the molecule is O=C(NS(=O)(=O)c1ccc(F)cc1C(F)(F)F)C1CC(=O)N(Cc2ccco2)C1. The van der Waals surface area contributed by atoms with Gasteiger partial charge in [-0.15, -0.1) is 0 Å².